The topological polar surface area (TPSA) is 49.0 Å². The molecule has 0 bridgehead atoms. The number of hydrogen-bond donors (Lipinski definition) is 1. The first-order valence-corrected chi connectivity index (χ1v) is 7.12. The van der Waals surface area contributed by atoms with Crippen LogP contribution in [0.25, 0.3) is 0 Å². The first-order chi connectivity index (χ1) is 9.16. The van der Waals surface area contributed by atoms with Crippen LogP contribution < -0.4 is 0 Å². The van der Waals surface area contributed by atoms with E-state index in [-0.39, 0.29) is 5.91 Å². The van der Waals surface area contributed by atoms with Gasteiger partial charge in [0.1, 0.15) is 5.82 Å². The first kappa shape index (κ1) is 14.0. The molecule has 1 amide bonds. The van der Waals surface area contributed by atoms with E-state index in [0.29, 0.717) is 17.3 Å². The van der Waals surface area contributed by atoms with Crippen molar-refractivity contribution >= 4 is 29.3 Å². The Morgan fingerprint density at radius 3 is 2.95 bits per heavy atom. The molecular weight excluding hydrogens is 282 g/mol. The molecule has 0 spiro atoms. The Kier molecular flexibility index (Phi) is 4.87. The molecule has 0 fully saturated rings. The third-order valence-electron chi connectivity index (χ3n) is 2.56. The van der Waals surface area contributed by atoms with Gasteiger partial charge in [0.15, 0.2) is 0 Å². The Morgan fingerprint density at radius 2 is 2.26 bits per heavy atom. The molecule has 1 aromatic heterocycles. The highest BCUT2D eigenvalue weighted by Gasteiger charge is 2.11. The van der Waals surface area contributed by atoms with Crippen molar-refractivity contribution in [3.63, 3.8) is 0 Å². The van der Waals surface area contributed by atoms with Crippen molar-refractivity contribution < 1.29 is 4.79 Å². The van der Waals surface area contributed by atoms with E-state index in [4.69, 9.17) is 11.6 Å². The number of imidazole rings is 1. The number of benzene rings is 1. The summed E-state index contributed by atoms with van der Waals surface area (Å²) in [5.74, 6) is 1.18. The zero-order valence-electron chi connectivity index (χ0n) is 10.5. The minimum absolute atomic E-state index is 0.0429. The van der Waals surface area contributed by atoms with Crippen molar-refractivity contribution in [2.75, 3.05) is 12.8 Å². The summed E-state index contributed by atoms with van der Waals surface area (Å²) in [6.45, 7) is 0.481. The van der Waals surface area contributed by atoms with Gasteiger partial charge in [-0.05, 0) is 12.1 Å². The standard InChI is InChI=1S/C13H14ClN3OS/c1-17(8-12-15-6-7-16-12)13(18)9-19-11-5-3-2-4-10(11)14/h2-7H,8-9H2,1H3,(H,15,16). The van der Waals surface area contributed by atoms with Crippen molar-refractivity contribution in [1.82, 2.24) is 14.9 Å². The highest BCUT2D eigenvalue weighted by molar-refractivity contribution is 8.00. The molecule has 6 heteroatoms. The number of aromatic nitrogens is 2. The lowest BCUT2D eigenvalue weighted by molar-refractivity contribution is -0.127. The predicted molar refractivity (Wildman–Crippen MR) is 77.2 cm³/mol. The summed E-state index contributed by atoms with van der Waals surface area (Å²) < 4.78 is 0. The van der Waals surface area contributed by atoms with Crippen LogP contribution in [0, 0.1) is 0 Å². The Morgan fingerprint density at radius 1 is 1.47 bits per heavy atom. The summed E-state index contributed by atoms with van der Waals surface area (Å²) in [4.78, 5) is 21.6. The quantitative estimate of drug-likeness (QED) is 0.863. The number of rotatable bonds is 5. The molecule has 4 nitrogen and oxygen atoms in total. The summed E-state index contributed by atoms with van der Waals surface area (Å²) in [5.41, 5.74) is 0. The fraction of sp³-hybridized carbons (Fsp3) is 0.231. The zero-order valence-corrected chi connectivity index (χ0v) is 12.0. The second kappa shape index (κ2) is 6.63. The van der Waals surface area contributed by atoms with Crippen molar-refractivity contribution in [1.29, 1.82) is 0 Å². The summed E-state index contributed by atoms with van der Waals surface area (Å²) in [6.07, 6.45) is 3.41. The number of thioether (sulfide) groups is 1. The Hall–Kier alpha value is -1.46. The smallest absolute Gasteiger partial charge is 0.233 e. The molecule has 0 unspecified atom stereocenters. The van der Waals surface area contributed by atoms with E-state index < -0.39 is 0 Å². The maximum absolute atomic E-state index is 12.0. The molecule has 0 aliphatic carbocycles. The normalized spacial score (nSPS) is 10.4. The molecule has 1 aromatic carbocycles. The van der Waals surface area contributed by atoms with Crippen molar-refractivity contribution in [3.05, 3.63) is 47.5 Å². The molecule has 0 radical (unpaired) electrons. The van der Waals surface area contributed by atoms with Gasteiger partial charge in [0.25, 0.3) is 0 Å². The lowest BCUT2D eigenvalue weighted by Crippen LogP contribution is -2.28. The predicted octanol–water partition coefficient (Wildman–Crippen LogP) is 2.81. The van der Waals surface area contributed by atoms with Gasteiger partial charge in [0.2, 0.25) is 5.91 Å². The SMILES string of the molecule is CN(Cc1ncc[nH]1)C(=O)CSc1ccccc1Cl. The molecule has 1 N–H and O–H groups in total. The fourth-order valence-electron chi connectivity index (χ4n) is 1.51. The molecule has 1 heterocycles. The number of halogens is 1. The van der Waals surface area contributed by atoms with E-state index in [1.807, 2.05) is 24.3 Å². The van der Waals surface area contributed by atoms with Crippen LogP contribution in [0.4, 0.5) is 0 Å². The van der Waals surface area contributed by atoms with Gasteiger partial charge in [-0.1, -0.05) is 23.7 Å². The largest absolute Gasteiger partial charge is 0.347 e. The van der Waals surface area contributed by atoms with Crippen LogP contribution in [0.1, 0.15) is 5.82 Å². The van der Waals surface area contributed by atoms with Crippen molar-refractivity contribution in [2.45, 2.75) is 11.4 Å². The fourth-order valence-corrected chi connectivity index (χ4v) is 2.69. The van der Waals surface area contributed by atoms with Crippen LogP contribution in [0.3, 0.4) is 0 Å². The van der Waals surface area contributed by atoms with Gasteiger partial charge in [-0.2, -0.15) is 0 Å². The summed E-state index contributed by atoms with van der Waals surface area (Å²) in [6, 6.07) is 7.51. The van der Waals surface area contributed by atoms with Crippen LogP contribution >= 0.6 is 23.4 Å². The molecule has 19 heavy (non-hydrogen) atoms. The maximum Gasteiger partial charge on any atom is 0.233 e. The Balaban J connectivity index is 1.86. The number of nitrogens with zero attached hydrogens (tertiary/aromatic N) is 2. The average Bonchev–Trinajstić information content (AvgIpc) is 2.90. The van der Waals surface area contributed by atoms with Crippen LogP contribution in [0.15, 0.2) is 41.6 Å². The van der Waals surface area contributed by atoms with Gasteiger partial charge >= 0.3 is 0 Å². The van der Waals surface area contributed by atoms with Crippen molar-refractivity contribution in [2.24, 2.45) is 0 Å². The second-order valence-electron chi connectivity index (χ2n) is 4.00. The zero-order chi connectivity index (χ0) is 13.7. The first-order valence-electron chi connectivity index (χ1n) is 5.76. The van der Waals surface area contributed by atoms with Crippen LogP contribution in [-0.4, -0.2) is 33.6 Å². The van der Waals surface area contributed by atoms with Gasteiger partial charge in [-0.25, -0.2) is 4.98 Å². The average molecular weight is 296 g/mol. The molecule has 100 valence electrons. The van der Waals surface area contributed by atoms with E-state index in [1.54, 1.807) is 24.3 Å². The van der Waals surface area contributed by atoms with Gasteiger partial charge in [0.05, 0.1) is 17.3 Å². The lowest BCUT2D eigenvalue weighted by atomic mass is 10.4. The summed E-state index contributed by atoms with van der Waals surface area (Å²) in [7, 11) is 1.76. The van der Waals surface area contributed by atoms with Crippen LogP contribution in [0.2, 0.25) is 5.02 Å². The minimum Gasteiger partial charge on any atom is -0.347 e. The molecule has 0 saturated carbocycles. The number of aromatic amines is 1. The third kappa shape index (κ3) is 4.01. The highest BCUT2D eigenvalue weighted by Crippen LogP contribution is 2.26. The van der Waals surface area contributed by atoms with E-state index in [2.05, 4.69) is 9.97 Å². The summed E-state index contributed by atoms with van der Waals surface area (Å²) in [5, 5.41) is 0.675. The number of nitrogens with one attached hydrogen (secondary N) is 1. The number of hydrogen-bond acceptors (Lipinski definition) is 3. The van der Waals surface area contributed by atoms with Gasteiger partial charge in [-0.15, -0.1) is 11.8 Å². The van der Waals surface area contributed by atoms with Crippen molar-refractivity contribution in [3.8, 4) is 0 Å². The van der Waals surface area contributed by atoms with E-state index in [0.717, 1.165) is 10.7 Å². The van der Waals surface area contributed by atoms with Gasteiger partial charge < -0.3 is 9.88 Å². The molecule has 0 saturated heterocycles. The third-order valence-corrected chi connectivity index (χ3v) is 4.06. The molecule has 0 atom stereocenters. The molecule has 2 rings (SSSR count). The number of H-pyrrole nitrogens is 1. The number of carbonyl (C=O) groups excluding carboxylic acids is 1. The molecule has 0 aliphatic rings. The Labute approximate surface area is 121 Å². The molecular formula is C13H14ClN3OS. The van der Waals surface area contributed by atoms with Gasteiger partial charge in [0, 0.05) is 24.3 Å². The molecule has 2 aromatic rings. The molecule has 0 aliphatic heterocycles. The lowest BCUT2D eigenvalue weighted by Gasteiger charge is -2.15. The summed E-state index contributed by atoms with van der Waals surface area (Å²) >= 11 is 7.48. The van der Waals surface area contributed by atoms with E-state index >= 15 is 0 Å². The van der Waals surface area contributed by atoms with E-state index in [1.165, 1.54) is 11.8 Å². The van der Waals surface area contributed by atoms with E-state index in [9.17, 15) is 4.79 Å². The number of amides is 1. The minimum atomic E-state index is 0.0429. The maximum atomic E-state index is 12.0. The highest BCUT2D eigenvalue weighted by atomic mass is 35.5. The monoisotopic (exact) mass is 295 g/mol. The second-order valence-corrected chi connectivity index (χ2v) is 5.43. The van der Waals surface area contributed by atoms with Crippen LogP contribution in [-0.2, 0) is 11.3 Å². The van der Waals surface area contributed by atoms with Crippen LogP contribution in [0.5, 0.6) is 0 Å². The van der Waals surface area contributed by atoms with Gasteiger partial charge in [-0.3, -0.25) is 4.79 Å². The Bertz CT molecular complexity index is 545. The number of carbonyl (C=O) groups is 1.